The fourth-order valence-electron chi connectivity index (χ4n) is 11.7. The van der Waals surface area contributed by atoms with Crippen LogP contribution in [0.5, 0.6) is 0 Å². The normalized spacial score (nSPS) is 16.4. The molecule has 6 atom stereocenters. The highest BCUT2D eigenvalue weighted by molar-refractivity contribution is 6.00. The van der Waals surface area contributed by atoms with Gasteiger partial charge < -0.3 is 67.2 Å². The molecule has 1 aliphatic carbocycles. The Hall–Kier alpha value is -9.05. The van der Waals surface area contributed by atoms with Crippen LogP contribution in [0.4, 0.5) is 15.3 Å². The molecule has 10 N–H and O–H groups in total. The van der Waals surface area contributed by atoms with Gasteiger partial charge in [-0.15, -0.1) is 0 Å². The third kappa shape index (κ3) is 18.8. The van der Waals surface area contributed by atoms with Gasteiger partial charge in [-0.3, -0.25) is 28.8 Å². The number of carbonyl (C=O) groups is 9. The van der Waals surface area contributed by atoms with Gasteiger partial charge in [-0.1, -0.05) is 135 Å². The summed E-state index contributed by atoms with van der Waals surface area (Å²) in [6, 6.07) is 16.2. The van der Waals surface area contributed by atoms with Gasteiger partial charge in [0.25, 0.3) is 0 Å². The summed E-state index contributed by atoms with van der Waals surface area (Å²) in [5.41, 5.74) is 11.5. The molecule has 2 aliphatic rings. The SMILES string of the molecule is CNC(C(=O)N[C@H](C(=O)N(C)[C@H](/C=C(\C)C(=O)O)C(C)C)C(C)(C)C)C(C)(C)c1cn(C)c2cc(CNC(=O)OCC3C=CC(NC(=O)[C@H](CCCNC(N)=O)NC(=O)[C@@H](NC(=O)CCC(=O)N4Cc5ccccc5/C(C)=C\c5ccccc54)C(C)C)=CC3)ccc12. The van der Waals surface area contributed by atoms with Crippen LogP contribution < -0.4 is 47.9 Å². The summed E-state index contributed by atoms with van der Waals surface area (Å²) in [6.45, 7) is 21.1. The molecule has 0 bridgehead atoms. The highest BCUT2D eigenvalue weighted by atomic mass is 16.5. The first kappa shape index (κ1) is 72.0. The van der Waals surface area contributed by atoms with Crippen molar-refractivity contribution in [1.82, 2.24) is 46.7 Å². The Balaban J connectivity index is 1.01. The van der Waals surface area contributed by atoms with E-state index in [1.807, 2.05) is 152 Å². The number of likely N-dealkylation sites (N-methyl/N-ethyl adjacent to an activating group) is 2. The van der Waals surface area contributed by atoms with Crippen molar-refractivity contribution < 1.29 is 53.0 Å². The Bertz CT molecular complexity index is 3520. The summed E-state index contributed by atoms with van der Waals surface area (Å²) < 4.78 is 7.58. The fraction of sp³-hybridized carbons (Fsp3) is 0.471. The van der Waals surface area contributed by atoms with E-state index in [9.17, 15) is 48.3 Å². The lowest BCUT2D eigenvalue weighted by Gasteiger charge is -2.39. The van der Waals surface area contributed by atoms with E-state index in [0.717, 1.165) is 50.0 Å². The Morgan fingerprint density at radius 3 is 2.18 bits per heavy atom. The molecular weight excluding hydrogens is 1170 g/mol. The molecule has 496 valence electrons. The van der Waals surface area contributed by atoms with Crippen molar-refractivity contribution in [1.29, 1.82) is 0 Å². The number of aliphatic carboxylic acids is 1. The topological polar surface area (TPSA) is 305 Å². The lowest BCUT2D eigenvalue weighted by Crippen LogP contribution is -2.61. The Morgan fingerprint density at radius 1 is 0.848 bits per heavy atom. The second-order valence-corrected chi connectivity index (χ2v) is 26.4. The molecule has 4 aromatic rings. The number of carboxylic acid groups (broad SMARTS) is 1. The van der Waals surface area contributed by atoms with Crippen LogP contribution in [-0.2, 0) is 63.9 Å². The number of allylic oxidation sites excluding steroid dienone is 3. The number of carboxylic acids is 1. The summed E-state index contributed by atoms with van der Waals surface area (Å²) in [5.74, 6) is -4.44. The minimum absolute atomic E-state index is 0.0410. The fourth-order valence-corrected chi connectivity index (χ4v) is 11.7. The van der Waals surface area contributed by atoms with Crippen molar-refractivity contribution in [2.45, 2.75) is 157 Å². The maximum atomic E-state index is 14.4. The van der Waals surface area contributed by atoms with Crippen molar-refractivity contribution in [3.05, 3.63) is 136 Å². The quantitative estimate of drug-likeness (QED) is 0.0204. The second kappa shape index (κ2) is 31.8. The number of aromatic nitrogens is 1. The zero-order valence-electron chi connectivity index (χ0n) is 55.7. The number of rotatable bonds is 27. The molecular formula is C70H95N11O11. The predicted molar refractivity (Wildman–Crippen MR) is 357 cm³/mol. The number of amides is 9. The van der Waals surface area contributed by atoms with Gasteiger partial charge in [0.15, 0.2) is 0 Å². The predicted octanol–water partition coefficient (Wildman–Crippen LogP) is 7.85. The Morgan fingerprint density at radius 2 is 1.54 bits per heavy atom. The van der Waals surface area contributed by atoms with Crippen LogP contribution >= 0.6 is 0 Å². The molecule has 1 aliphatic heterocycles. The third-order valence-electron chi connectivity index (χ3n) is 17.1. The number of anilines is 1. The molecule has 0 radical (unpaired) electrons. The van der Waals surface area contributed by atoms with Crippen molar-refractivity contribution in [3.63, 3.8) is 0 Å². The number of hydrogen-bond donors (Lipinski definition) is 9. The highest BCUT2D eigenvalue weighted by Crippen LogP contribution is 2.37. The summed E-state index contributed by atoms with van der Waals surface area (Å²) in [6.07, 6.45) is 10.7. The number of benzene rings is 3. The molecule has 0 saturated carbocycles. The van der Waals surface area contributed by atoms with Gasteiger partial charge in [0, 0.05) is 79.7 Å². The van der Waals surface area contributed by atoms with Gasteiger partial charge in [-0.2, -0.15) is 0 Å². The Kier molecular flexibility index (Phi) is 24.9. The van der Waals surface area contributed by atoms with Crippen LogP contribution in [0, 0.1) is 23.2 Å². The minimum atomic E-state index is -1.09. The molecule has 22 nitrogen and oxygen atoms in total. The van der Waals surface area contributed by atoms with Crippen LogP contribution in [0.15, 0.2) is 109 Å². The molecule has 2 unspecified atom stereocenters. The second-order valence-electron chi connectivity index (χ2n) is 26.4. The molecule has 1 aromatic heterocycles. The number of alkyl carbamates (subject to hydrolysis) is 1. The summed E-state index contributed by atoms with van der Waals surface area (Å²) in [4.78, 5) is 124. The molecule has 92 heavy (non-hydrogen) atoms. The van der Waals surface area contributed by atoms with Crippen molar-refractivity contribution in [2.75, 3.05) is 32.1 Å². The van der Waals surface area contributed by atoms with Gasteiger partial charge in [0.1, 0.15) is 18.1 Å². The number of urea groups is 1. The van der Waals surface area contributed by atoms with Gasteiger partial charge in [-0.05, 0) is 115 Å². The number of nitrogens with one attached hydrogen (secondary N) is 7. The van der Waals surface area contributed by atoms with E-state index in [-0.39, 0.29) is 80.5 Å². The van der Waals surface area contributed by atoms with Crippen LogP contribution in [-0.4, -0.2) is 126 Å². The zero-order valence-corrected chi connectivity index (χ0v) is 55.7. The molecule has 0 saturated heterocycles. The van der Waals surface area contributed by atoms with Crippen LogP contribution in [0.25, 0.3) is 22.6 Å². The highest BCUT2D eigenvalue weighted by Gasteiger charge is 2.43. The Labute approximate surface area is 540 Å². The summed E-state index contributed by atoms with van der Waals surface area (Å²) in [5, 5.41) is 30.5. The van der Waals surface area contributed by atoms with Crippen molar-refractivity contribution >= 4 is 81.8 Å². The number of aryl methyl sites for hydroxylation is 1. The van der Waals surface area contributed by atoms with Crippen LogP contribution in [0.3, 0.4) is 0 Å². The number of ether oxygens (including phenoxy) is 1. The standard InChI is InChI=1S/C70H95N11O11/c1-41(2)55(35-44(6)66(88)89)80(14)65(87)61(69(7,8)9)78-64(86)60(72-12)70(10,11)52-39-79(13)56-36-46(27-30-51(52)56)37-74-68(91)92-40-45-25-28-49(29-26-45)75-62(84)53(23-19-33-73-67(71)90)76-63(85)59(42(3)4)77-57(82)31-32-58(83)81-38-48-21-15-17-22-50(48)43(5)34-47-20-16-18-24-54(47)81/h15-18,20-22,24-25,27-30,34-36,39,41-42,45,53,55,59-61,72H,19,23,26,31-33,37-38,40H2,1-14H3,(H,74,91)(H,75,84)(H,76,85)(H,77,82)(H,78,86)(H,88,89)(H3,71,73,90)/b43-34-,44-35+/t45?,53-,55+,59-,60?,61+/m0/s1. The molecule has 0 fully saturated rings. The number of primary amides is 1. The average Bonchev–Trinajstić information content (AvgIpc) is 1.54. The van der Waals surface area contributed by atoms with E-state index < -0.39 is 82.8 Å². The van der Waals surface area contributed by atoms with E-state index in [2.05, 4.69) is 37.2 Å². The monoisotopic (exact) mass is 1270 g/mol. The summed E-state index contributed by atoms with van der Waals surface area (Å²) >= 11 is 0. The van der Waals surface area contributed by atoms with E-state index in [0.29, 0.717) is 18.7 Å². The molecule has 3 aromatic carbocycles. The first-order valence-electron chi connectivity index (χ1n) is 31.5. The number of hydrogen-bond acceptors (Lipinski definition) is 11. The largest absolute Gasteiger partial charge is 0.478 e. The smallest absolute Gasteiger partial charge is 0.407 e. The lowest BCUT2D eigenvalue weighted by molar-refractivity contribution is -0.141. The van der Waals surface area contributed by atoms with Crippen molar-refractivity contribution in [3.8, 4) is 0 Å². The number of nitrogens with zero attached hydrogens (tertiary/aromatic N) is 3. The van der Waals surface area contributed by atoms with Gasteiger partial charge in [0.05, 0.1) is 30.9 Å². The van der Waals surface area contributed by atoms with E-state index in [1.165, 1.54) is 11.8 Å². The molecule has 22 heteroatoms. The first-order valence-corrected chi connectivity index (χ1v) is 31.5. The van der Waals surface area contributed by atoms with Gasteiger partial charge >= 0.3 is 18.1 Å². The van der Waals surface area contributed by atoms with Gasteiger partial charge in [-0.25, -0.2) is 14.4 Å². The molecule has 9 amide bonds. The lowest BCUT2D eigenvalue weighted by atomic mass is 9.76. The molecule has 6 rings (SSSR count). The number of carbonyl (C=O) groups excluding carboxylic acids is 8. The number of para-hydroxylation sites is 1. The molecule has 0 spiro atoms. The molecule has 2 heterocycles. The summed E-state index contributed by atoms with van der Waals surface area (Å²) in [7, 11) is 5.23. The maximum absolute atomic E-state index is 14.4. The number of nitrogens with two attached hydrogens (primary N) is 1. The third-order valence-corrected chi connectivity index (χ3v) is 17.1. The van der Waals surface area contributed by atoms with Crippen molar-refractivity contribution in [2.24, 2.45) is 36.0 Å². The van der Waals surface area contributed by atoms with E-state index in [4.69, 9.17) is 10.5 Å². The first-order chi connectivity index (χ1) is 43.3. The maximum Gasteiger partial charge on any atom is 0.407 e. The minimum Gasteiger partial charge on any atom is -0.478 e. The van der Waals surface area contributed by atoms with Crippen LogP contribution in [0.2, 0.25) is 0 Å². The number of fused-ring (bicyclic) bond motifs is 3. The van der Waals surface area contributed by atoms with E-state index >= 15 is 0 Å². The van der Waals surface area contributed by atoms with Gasteiger partial charge in [0.2, 0.25) is 35.4 Å². The van der Waals surface area contributed by atoms with E-state index in [1.54, 1.807) is 51.1 Å². The average molecular weight is 1270 g/mol. The zero-order chi connectivity index (χ0) is 67.9. The van der Waals surface area contributed by atoms with Crippen LogP contribution in [0.1, 0.15) is 136 Å².